The van der Waals surface area contributed by atoms with Gasteiger partial charge < -0.3 is 10.0 Å². The zero-order valence-corrected chi connectivity index (χ0v) is 10.9. The topological polar surface area (TPSA) is 58.4 Å². The van der Waals surface area contributed by atoms with Crippen molar-refractivity contribution in [1.82, 2.24) is 9.78 Å². The lowest BCUT2D eigenvalue weighted by Crippen LogP contribution is -2.12. The SMILES string of the molecule is CN1CCc2cc(-c3cc(C(=O)O)nn3C)ccc21. The fourth-order valence-corrected chi connectivity index (χ4v) is 2.57. The van der Waals surface area contributed by atoms with Crippen molar-refractivity contribution in [2.45, 2.75) is 6.42 Å². The molecular formula is C14H15N3O2. The first-order valence-electron chi connectivity index (χ1n) is 6.18. The molecule has 1 aliphatic heterocycles. The molecule has 0 spiro atoms. The lowest BCUT2D eigenvalue weighted by molar-refractivity contribution is 0.0689. The monoisotopic (exact) mass is 257 g/mol. The third-order valence-corrected chi connectivity index (χ3v) is 3.60. The quantitative estimate of drug-likeness (QED) is 0.891. The number of benzene rings is 1. The van der Waals surface area contributed by atoms with E-state index in [1.54, 1.807) is 17.8 Å². The Morgan fingerprint density at radius 3 is 2.79 bits per heavy atom. The van der Waals surface area contributed by atoms with E-state index in [0.29, 0.717) is 0 Å². The van der Waals surface area contributed by atoms with Crippen molar-refractivity contribution in [3.05, 3.63) is 35.5 Å². The van der Waals surface area contributed by atoms with Crippen molar-refractivity contribution >= 4 is 11.7 Å². The van der Waals surface area contributed by atoms with Gasteiger partial charge in [0.05, 0.1) is 5.69 Å². The Morgan fingerprint density at radius 1 is 1.32 bits per heavy atom. The number of aromatic carboxylic acids is 1. The maximum atomic E-state index is 10.9. The number of fused-ring (bicyclic) bond motifs is 1. The number of hydrogen-bond donors (Lipinski definition) is 1. The van der Waals surface area contributed by atoms with Crippen LogP contribution in [0.25, 0.3) is 11.3 Å². The van der Waals surface area contributed by atoms with Gasteiger partial charge in [0.2, 0.25) is 0 Å². The minimum atomic E-state index is -0.997. The first kappa shape index (κ1) is 11.8. The van der Waals surface area contributed by atoms with Crippen LogP contribution in [0.3, 0.4) is 0 Å². The van der Waals surface area contributed by atoms with Crippen LogP contribution in [0.4, 0.5) is 5.69 Å². The number of likely N-dealkylation sites (N-methyl/N-ethyl adjacent to an activating group) is 1. The Balaban J connectivity index is 2.06. The molecule has 0 fully saturated rings. The van der Waals surface area contributed by atoms with Crippen LogP contribution in [0.1, 0.15) is 16.1 Å². The summed E-state index contributed by atoms with van der Waals surface area (Å²) < 4.78 is 1.61. The van der Waals surface area contributed by atoms with Crippen LogP contribution in [0.2, 0.25) is 0 Å². The van der Waals surface area contributed by atoms with Crippen LogP contribution < -0.4 is 4.90 Å². The second-order valence-electron chi connectivity index (χ2n) is 4.86. The Bertz CT molecular complexity index is 661. The minimum absolute atomic E-state index is 0.0788. The number of anilines is 1. The van der Waals surface area contributed by atoms with E-state index < -0.39 is 5.97 Å². The van der Waals surface area contributed by atoms with E-state index in [0.717, 1.165) is 24.2 Å². The van der Waals surface area contributed by atoms with Crippen molar-refractivity contribution < 1.29 is 9.90 Å². The summed E-state index contributed by atoms with van der Waals surface area (Å²) >= 11 is 0. The Labute approximate surface area is 111 Å². The van der Waals surface area contributed by atoms with Gasteiger partial charge in [-0.1, -0.05) is 6.07 Å². The Hall–Kier alpha value is -2.30. The third-order valence-electron chi connectivity index (χ3n) is 3.60. The van der Waals surface area contributed by atoms with Crippen LogP contribution in [-0.4, -0.2) is 34.4 Å². The first-order valence-corrected chi connectivity index (χ1v) is 6.18. The Morgan fingerprint density at radius 2 is 2.11 bits per heavy atom. The molecule has 0 bridgehead atoms. The molecule has 98 valence electrons. The Kier molecular flexibility index (Phi) is 2.55. The smallest absolute Gasteiger partial charge is 0.356 e. The van der Waals surface area contributed by atoms with Crippen LogP contribution in [0, 0.1) is 0 Å². The molecule has 2 aromatic rings. The predicted molar refractivity (Wildman–Crippen MR) is 72.6 cm³/mol. The molecule has 1 aliphatic rings. The van der Waals surface area contributed by atoms with Gasteiger partial charge in [0, 0.05) is 31.9 Å². The van der Waals surface area contributed by atoms with Gasteiger partial charge in [-0.3, -0.25) is 4.68 Å². The summed E-state index contributed by atoms with van der Waals surface area (Å²) in [5.74, 6) is -0.997. The average Bonchev–Trinajstić information content (AvgIpc) is 2.93. The van der Waals surface area contributed by atoms with Crippen molar-refractivity contribution in [2.75, 3.05) is 18.5 Å². The maximum Gasteiger partial charge on any atom is 0.356 e. The van der Waals surface area contributed by atoms with Gasteiger partial charge in [0.15, 0.2) is 5.69 Å². The fraction of sp³-hybridized carbons (Fsp3) is 0.286. The van der Waals surface area contributed by atoms with E-state index >= 15 is 0 Å². The molecule has 1 N–H and O–H groups in total. The standard InChI is InChI=1S/C14H15N3O2/c1-16-6-5-10-7-9(3-4-12(10)16)13-8-11(14(18)19)15-17(13)2/h3-4,7-8H,5-6H2,1-2H3,(H,18,19). The molecule has 5 heteroatoms. The fourth-order valence-electron chi connectivity index (χ4n) is 2.57. The number of nitrogens with zero attached hydrogens (tertiary/aromatic N) is 3. The number of carboxylic acid groups (broad SMARTS) is 1. The molecule has 0 saturated heterocycles. The molecule has 2 heterocycles. The summed E-state index contributed by atoms with van der Waals surface area (Å²) in [5, 5.41) is 13.0. The predicted octanol–water partition coefficient (Wildman–Crippen LogP) is 1.78. The van der Waals surface area contributed by atoms with Gasteiger partial charge in [0.25, 0.3) is 0 Å². The molecule has 0 unspecified atom stereocenters. The van der Waals surface area contributed by atoms with Crippen molar-refractivity contribution in [2.24, 2.45) is 7.05 Å². The second-order valence-corrected chi connectivity index (χ2v) is 4.86. The van der Waals surface area contributed by atoms with Crippen molar-refractivity contribution in [3.8, 4) is 11.3 Å². The van der Waals surface area contributed by atoms with Crippen LogP contribution in [0.5, 0.6) is 0 Å². The number of hydrogen-bond acceptors (Lipinski definition) is 3. The molecule has 0 aliphatic carbocycles. The normalized spacial score (nSPS) is 13.7. The van der Waals surface area contributed by atoms with E-state index in [-0.39, 0.29) is 5.69 Å². The lowest BCUT2D eigenvalue weighted by atomic mass is 10.1. The maximum absolute atomic E-state index is 10.9. The van der Waals surface area contributed by atoms with Crippen molar-refractivity contribution in [1.29, 1.82) is 0 Å². The number of carboxylic acids is 1. The third kappa shape index (κ3) is 1.87. The summed E-state index contributed by atoms with van der Waals surface area (Å²) in [6.07, 6.45) is 1.03. The highest BCUT2D eigenvalue weighted by Gasteiger charge is 2.18. The molecule has 3 rings (SSSR count). The van der Waals surface area contributed by atoms with Crippen molar-refractivity contribution in [3.63, 3.8) is 0 Å². The van der Waals surface area contributed by atoms with E-state index in [9.17, 15) is 4.79 Å². The number of rotatable bonds is 2. The largest absolute Gasteiger partial charge is 0.476 e. The number of aryl methyl sites for hydroxylation is 1. The van der Waals surface area contributed by atoms with Gasteiger partial charge >= 0.3 is 5.97 Å². The van der Waals surface area contributed by atoms with E-state index in [4.69, 9.17) is 5.11 Å². The highest BCUT2D eigenvalue weighted by molar-refractivity contribution is 5.87. The van der Waals surface area contributed by atoms with Gasteiger partial charge in [-0.25, -0.2) is 4.79 Å². The molecule has 0 atom stereocenters. The summed E-state index contributed by atoms with van der Waals surface area (Å²) in [6, 6.07) is 7.85. The van der Waals surface area contributed by atoms with E-state index in [2.05, 4.69) is 29.2 Å². The molecule has 0 amide bonds. The molecule has 1 aromatic carbocycles. The molecule has 0 saturated carbocycles. The second kappa shape index (κ2) is 4.12. The molecular weight excluding hydrogens is 242 g/mol. The lowest BCUT2D eigenvalue weighted by Gasteiger charge is -2.12. The summed E-state index contributed by atoms with van der Waals surface area (Å²) in [6.45, 7) is 1.03. The summed E-state index contributed by atoms with van der Waals surface area (Å²) in [7, 11) is 3.85. The summed E-state index contributed by atoms with van der Waals surface area (Å²) in [4.78, 5) is 13.2. The van der Waals surface area contributed by atoms with E-state index in [1.807, 2.05) is 6.07 Å². The van der Waals surface area contributed by atoms with Crippen LogP contribution >= 0.6 is 0 Å². The van der Waals surface area contributed by atoms with Gasteiger partial charge in [-0.2, -0.15) is 5.10 Å². The van der Waals surface area contributed by atoms with Gasteiger partial charge in [-0.15, -0.1) is 0 Å². The zero-order chi connectivity index (χ0) is 13.6. The highest BCUT2D eigenvalue weighted by Crippen LogP contribution is 2.31. The molecule has 19 heavy (non-hydrogen) atoms. The zero-order valence-electron chi connectivity index (χ0n) is 10.9. The van der Waals surface area contributed by atoms with E-state index in [1.165, 1.54) is 11.3 Å². The molecule has 5 nitrogen and oxygen atoms in total. The van der Waals surface area contributed by atoms with Gasteiger partial charge in [-0.05, 0) is 30.2 Å². The number of aromatic nitrogens is 2. The number of carbonyl (C=O) groups is 1. The molecule has 0 radical (unpaired) electrons. The molecule has 1 aromatic heterocycles. The minimum Gasteiger partial charge on any atom is -0.476 e. The average molecular weight is 257 g/mol. The first-order chi connectivity index (χ1) is 9.06. The van der Waals surface area contributed by atoms with Gasteiger partial charge in [0.1, 0.15) is 0 Å². The van der Waals surface area contributed by atoms with Crippen LogP contribution in [-0.2, 0) is 13.5 Å². The highest BCUT2D eigenvalue weighted by atomic mass is 16.4. The van der Waals surface area contributed by atoms with Crippen LogP contribution in [0.15, 0.2) is 24.3 Å². The summed E-state index contributed by atoms with van der Waals surface area (Å²) in [5.41, 5.74) is 4.48.